The molecular weight excluding hydrogens is 394 g/mol. The van der Waals surface area contributed by atoms with E-state index >= 15 is 0 Å². The Morgan fingerprint density at radius 3 is 2.86 bits per heavy atom. The van der Waals surface area contributed by atoms with Gasteiger partial charge in [-0.15, -0.1) is 0 Å². The van der Waals surface area contributed by atoms with Gasteiger partial charge >= 0.3 is 0 Å². The first-order valence-corrected chi connectivity index (χ1v) is 10.2. The van der Waals surface area contributed by atoms with Crippen LogP contribution < -0.4 is 15.9 Å². The number of methoxy groups -OCH3 is 1. The van der Waals surface area contributed by atoms with Crippen LogP contribution in [0.15, 0.2) is 59.9 Å². The van der Waals surface area contributed by atoms with E-state index in [1.165, 1.54) is 27.8 Å². The lowest BCUT2D eigenvalue weighted by molar-refractivity contribution is -0.113. The van der Waals surface area contributed by atoms with Crippen molar-refractivity contribution in [3.63, 3.8) is 0 Å². The maximum Gasteiger partial charge on any atom is 0.236 e. The zero-order chi connectivity index (χ0) is 19.5. The molecule has 0 atom stereocenters. The SMILES string of the molecule is COc1ccc2nc(NC(=O)CSc3nc(-c4ccccc4)cn3N)sc2c1. The van der Waals surface area contributed by atoms with Crippen LogP contribution in [0.3, 0.4) is 0 Å². The standard InChI is InChI=1S/C19H17N5O2S2/c1-26-13-7-8-14-16(9-13)28-18(21-14)23-17(25)11-27-19-22-15(10-24(19)20)12-5-3-2-4-6-12/h2-10H,11,20H2,1H3,(H,21,23,25). The highest BCUT2D eigenvalue weighted by atomic mass is 32.2. The number of thiazole rings is 1. The Morgan fingerprint density at radius 2 is 2.07 bits per heavy atom. The average molecular weight is 412 g/mol. The molecule has 2 aromatic carbocycles. The van der Waals surface area contributed by atoms with E-state index in [0.717, 1.165) is 27.2 Å². The lowest BCUT2D eigenvalue weighted by Gasteiger charge is -2.01. The molecule has 4 rings (SSSR count). The van der Waals surface area contributed by atoms with Gasteiger partial charge in [0, 0.05) is 5.56 Å². The predicted octanol–water partition coefficient (Wildman–Crippen LogP) is 3.61. The number of fused-ring (bicyclic) bond motifs is 1. The smallest absolute Gasteiger partial charge is 0.236 e. The molecule has 4 aromatic rings. The van der Waals surface area contributed by atoms with Gasteiger partial charge in [-0.05, 0) is 18.2 Å². The summed E-state index contributed by atoms with van der Waals surface area (Å²) in [5.74, 6) is 6.75. The van der Waals surface area contributed by atoms with E-state index < -0.39 is 0 Å². The van der Waals surface area contributed by atoms with Gasteiger partial charge in [0.2, 0.25) is 5.91 Å². The van der Waals surface area contributed by atoms with Crippen LogP contribution >= 0.6 is 23.1 Å². The monoisotopic (exact) mass is 411 g/mol. The van der Waals surface area contributed by atoms with Crippen molar-refractivity contribution in [1.82, 2.24) is 14.6 Å². The number of ether oxygens (including phenoxy) is 1. The number of anilines is 1. The van der Waals surface area contributed by atoms with Gasteiger partial charge in [-0.1, -0.05) is 53.4 Å². The van der Waals surface area contributed by atoms with Crippen LogP contribution in [0.1, 0.15) is 0 Å². The number of amides is 1. The zero-order valence-electron chi connectivity index (χ0n) is 15.0. The zero-order valence-corrected chi connectivity index (χ0v) is 16.6. The Morgan fingerprint density at radius 1 is 1.25 bits per heavy atom. The van der Waals surface area contributed by atoms with Gasteiger partial charge in [0.25, 0.3) is 0 Å². The highest BCUT2D eigenvalue weighted by Crippen LogP contribution is 2.29. The first kappa shape index (κ1) is 18.3. The molecule has 0 aliphatic heterocycles. The topological polar surface area (TPSA) is 95.1 Å². The van der Waals surface area contributed by atoms with Gasteiger partial charge in [0.1, 0.15) is 5.75 Å². The van der Waals surface area contributed by atoms with Crippen molar-refractivity contribution in [3.8, 4) is 17.0 Å². The number of thioether (sulfide) groups is 1. The van der Waals surface area contributed by atoms with Crippen molar-refractivity contribution in [1.29, 1.82) is 0 Å². The van der Waals surface area contributed by atoms with Crippen molar-refractivity contribution in [2.75, 3.05) is 24.0 Å². The van der Waals surface area contributed by atoms with Crippen molar-refractivity contribution >= 4 is 44.4 Å². The molecular formula is C19H17N5O2S2. The van der Waals surface area contributed by atoms with Gasteiger partial charge in [-0.2, -0.15) is 0 Å². The summed E-state index contributed by atoms with van der Waals surface area (Å²) >= 11 is 2.68. The van der Waals surface area contributed by atoms with Gasteiger partial charge in [-0.3, -0.25) is 4.79 Å². The molecule has 7 nitrogen and oxygen atoms in total. The molecule has 0 unspecified atom stereocenters. The normalized spacial score (nSPS) is 10.9. The van der Waals surface area contributed by atoms with E-state index in [2.05, 4.69) is 15.3 Å². The molecule has 28 heavy (non-hydrogen) atoms. The van der Waals surface area contributed by atoms with E-state index in [4.69, 9.17) is 10.6 Å². The number of hydrogen-bond donors (Lipinski definition) is 2. The number of hydrogen-bond acceptors (Lipinski definition) is 7. The average Bonchev–Trinajstić information content (AvgIpc) is 3.28. The van der Waals surface area contributed by atoms with E-state index in [9.17, 15) is 4.79 Å². The highest BCUT2D eigenvalue weighted by molar-refractivity contribution is 7.99. The van der Waals surface area contributed by atoms with Gasteiger partial charge in [0.15, 0.2) is 10.3 Å². The summed E-state index contributed by atoms with van der Waals surface area (Å²) < 4.78 is 7.60. The fourth-order valence-electron chi connectivity index (χ4n) is 2.60. The van der Waals surface area contributed by atoms with E-state index in [0.29, 0.717) is 10.3 Å². The van der Waals surface area contributed by atoms with Gasteiger partial charge in [-0.25, -0.2) is 14.6 Å². The third-order valence-corrected chi connectivity index (χ3v) is 5.84. The summed E-state index contributed by atoms with van der Waals surface area (Å²) in [7, 11) is 1.62. The van der Waals surface area contributed by atoms with Crippen molar-refractivity contribution < 1.29 is 9.53 Å². The lowest BCUT2D eigenvalue weighted by atomic mass is 10.2. The van der Waals surface area contributed by atoms with Crippen LogP contribution in [-0.2, 0) is 4.79 Å². The molecule has 0 radical (unpaired) electrons. The Bertz CT molecular complexity index is 1120. The molecule has 0 bridgehead atoms. The summed E-state index contributed by atoms with van der Waals surface area (Å²) in [6, 6.07) is 15.4. The van der Waals surface area contributed by atoms with Crippen LogP contribution in [0.5, 0.6) is 5.75 Å². The Hall–Kier alpha value is -3.04. The van der Waals surface area contributed by atoms with Crippen LogP contribution in [0.2, 0.25) is 0 Å². The Balaban J connectivity index is 1.40. The molecule has 2 heterocycles. The number of nitrogen functional groups attached to an aromatic ring is 1. The molecule has 9 heteroatoms. The molecule has 0 spiro atoms. The van der Waals surface area contributed by atoms with Crippen molar-refractivity contribution in [3.05, 3.63) is 54.7 Å². The fourth-order valence-corrected chi connectivity index (χ4v) is 4.21. The van der Waals surface area contributed by atoms with E-state index in [-0.39, 0.29) is 11.7 Å². The first-order valence-electron chi connectivity index (χ1n) is 8.39. The number of aromatic nitrogens is 3. The van der Waals surface area contributed by atoms with Crippen molar-refractivity contribution in [2.24, 2.45) is 0 Å². The van der Waals surface area contributed by atoms with Crippen LogP contribution in [0, 0.1) is 0 Å². The molecule has 0 aliphatic rings. The van der Waals surface area contributed by atoms with E-state index in [1.54, 1.807) is 13.3 Å². The minimum atomic E-state index is -0.166. The number of nitrogens with zero attached hydrogens (tertiary/aromatic N) is 3. The van der Waals surface area contributed by atoms with Crippen LogP contribution in [0.25, 0.3) is 21.5 Å². The minimum absolute atomic E-state index is 0.166. The molecule has 2 aromatic heterocycles. The number of nitrogens with two attached hydrogens (primary N) is 1. The minimum Gasteiger partial charge on any atom is -0.497 e. The highest BCUT2D eigenvalue weighted by Gasteiger charge is 2.13. The third-order valence-electron chi connectivity index (χ3n) is 3.94. The summed E-state index contributed by atoms with van der Waals surface area (Å²) in [4.78, 5) is 21.2. The second kappa shape index (κ2) is 7.91. The Kier molecular flexibility index (Phi) is 5.18. The molecule has 0 aliphatic carbocycles. The number of imidazole rings is 1. The lowest BCUT2D eigenvalue weighted by Crippen LogP contribution is -2.15. The molecule has 3 N–H and O–H groups in total. The van der Waals surface area contributed by atoms with Gasteiger partial charge < -0.3 is 15.9 Å². The van der Waals surface area contributed by atoms with E-state index in [1.807, 2.05) is 48.5 Å². The number of nitrogens with one attached hydrogen (secondary N) is 1. The second-order valence-electron chi connectivity index (χ2n) is 5.87. The second-order valence-corrected chi connectivity index (χ2v) is 7.84. The maximum atomic E-state index is 12.3. The summed E-state index contributed by atoms with van der Waals surface area (Å²) in [5.41, 5.74) is 2.56. The van der Waals surface area contributed by atoms with Crippen LogP contribution in [-0.4, -0.2) is 33.4 Å². The van der Waals surface area contributed by atoms with Crippen molar-refractivity contribution in [2.45, 2.75) is 5.16 Å². The number of rotatable bonds is 6. The largest absolute Gasteiger partial charge is 0.497 e. The summed E-state index contributed by atoms with van der Waals surface area (Å²) in [6.07, 6.45) is 1.75. The molecule has 1 amide bonds. The predicted molar refractivity (Wildman–Crippen MR) is 113 cm³/mol. The molecule has 142 valence electrons. The quantitative estimate of drug-likeness (QED) is 0.372. The Labute approximate surface area is 169 Å². The molecule has 0 fully saturated rings. The molecule has 0 saturated heterocycles. The number of carbonyl (C=O) groups excluding carboxylic acids is 1. The number of benzene rings is 2. The van der Waals surface area contributed by atoms with Crippen LogP contribution in [0.4, 0.5) is 5.13 Å². The summed E-state index contributed by atoms with van der Waals surface area (Å²) in [5, 5.41) is 3.95. The fraction of sp³-hybridized carbons (Fsp3) is 0.105. The summed E-state index contributed by atoms with van der Waals surface area (Å²) in [6.45, 7) is 0. The van der Waals surface area contributed by atoms with Gasteiger partial charge in [0.05, 0.1) is 35.0 Å². The molecule has 0 saturated carbocycles. The number of carbonyl (C=O) groups is 1. The third kappa shape index (κ3) is 3.95. The first-order chi connectivity index (χ1) is 13.6. The maximum absolute atomic E-state index is 12.3.